The van der Waals surface area contributed by atoms with Crippen LogP contribution in [0, 0.1) is 0 Å². The molecular formula is C8H12N2O2. The van der Waals surface area contributed by atoms with Crippen molar-refractivity contribution >= 4 is 12.2 Å². The lowest BCUT2D eigenvalue weighted by molar-refractivity contribution is -0.139. The highest BCUT2D eigenvalue weighted by Crippen LogP contribution is 1.95. The number of ether oxygens (including phenoxy) is 1. The second kappa shape index (κ2) is 7.69. The van der Waals surface area contributed by atoms with Crippen LogP contribution in [0.1, 0.15) is 19.3 Å². The number of hydrogen-bond donors (Lipinski definition) is 0. The molecule has 4 heteroatoms. The molecule has 0 unspecified atom stereocenters. The van der Waals surface area contributed by atoms with E-state index in [0.29, 0.717) is 6.61 Å². The zero-order chi connectivity index (χ0) is 9.23. The van der Waals surface area contributed by atoms with Gasteiger partial charge in [0.2, 0.25) is 0 Å². The summed E-state index contributed by atoms with van der Waals surface area (Å²) < 4.78 is 4.65. The largest absolute Gasteiger partial charge is 0.457 e. The molecule has 0 bridgehead atoms. The SMILES string of the molecule is C=CCCCCOC(=O)C=[N+]=[N-]. The van der Waals surface area contributed by atoms with Crippen LogP contribution in [0.2, 0.25) is 0 Å². The average molecular weight is 168 g/mol. The summed E-state index contributed by atoms with van der Waals surface area (Å²) in [6.45, 7) is 3.92. The Kier molecular flexibility index (Phi) is 6.79. The van der Waals surface area contributed by atoms with E-state index in [0.717, 1.165) is 25.5 Å². The van der Waals surface area contributed by atoms with Crippen molar-refractivity contribution < 1.29 is 14.3 Å². The van der Waals surface area contributed by atoms with Crippen LogP contribution in [0.5, 0.6) is 0 Å². The minimum absolute atomic E-state index is 0.360. The summed E-state index contributed by atoms with van der Waals surface area (Å²) in [6.07, 6.45) is 5.22. The first-order valence-corrected chi connectivity index (χ1v) is 3.76. The molecule has 12 heavy (non-hydrogen) atoms. The number of nitrogens with zero attached hydrogens (tertiary/aromatic N) is 2. The molecule has 0 amide bonds. The van der Waals surface area contributed by atoms with E-state index in [1.165, 1.54) is 0 Å². The van der Waals surface area contributed by atoms with Crippen molar-refractivity contribution in [2.75, 3.05) is 6.61 Å². The summed E-state index contributed by atoms with van der Waals surface area (Å²) in [5.41, 5.74) is 7.93. The quantitative estimate of drug-likeness (QED) is 0.149. The summed E-state index contributed by atoms with van der Waals surface area (Å²) in [5, 5.41) is 0. The Labute approximate surface area is 71.5 Å². The van der Waals surface area contributed by atoms with Gasteiger partial charge in [-0.15, -0.1) is 6.58 Å². The molecule has 0 heterocycles. The van der Waals surface area contributed by atoms with Gasteiger partial charge in [-0.3, -0.25) is 0 Å². The summed E-state index contributed by atoms with van der Waals surface area (Å²) in [6, 6.07) is 0. The number of carbonyl (C=O) groups excluding carboxylic acids is 1. The van der Waals surface area contributed by atoms with E-state index < -0.39 is 5.97 Å². The Morgan fingerprint density at radius 1 is 1.58 bits per heavy atom. The van der Waals surface area contributed by atoms with Gasteiger partial charge in [-0.05, 0) is 19.3 Å². The second-order valence-electron chi connectivity index (χ2n) is 2.20. The first kappa shape index (κ1) is 10.6. The third-order valence-corrected chi connectivity index (χ3v) is 1.21. The Morgan fingerprint density at radius 3 is 2.92 bits per heavy atom. The van der Waals surface area contributed by atoms with E-state index in [1.807, 2.05) is 6.08 Å². The molecule has 0 aliphatic carbocycles. The van der Waals surface area contributed by atoms with Crippen LogP contribution in [0.4, 0.5) is 0 Å². The minimum Gasteiger partial charge on any atom is -0.457 e. The zero-order valence-corrected chi connectivity index (χ0v) is 6.90. The van der Waals surface area contributed by atoms with Crippen molar-refractivity contribution in [2.24, 2.45) is 0 Å². The lowest BCUT2D eigenvalue weighted by Gasteiger charge is -1.97. The second-order valence-corrected chi connectivity index (χ2v) is 2.20. The molecule has 0 fully saturated rings. The van der Waals surface area contributed by atoms with Crippen molar-refractivity contribution in [1.29, 1.82) is 0 Å². The van der Waals surface area contributed by atoms with Gasteiger partial charge in [0.1, 0.15) is 0 Å². The van der Waals surface area contributed by atoms with Gasteiger partial charge < -0.3 is 10.3 Å². The molecule has 0 aromatic rings. The normalized spacial score (nSPS) is 8.33. The number of hydrogen-bond acceptors (Lipinski definition) is 2. The number of allylic oxidation sites excluding steroid dienone is 1. The highest BCUT2D eigenvalue weighted by molar-refractivity contribution is 6.20. The van der Waals surface area contributed by atoms with Crippen molar-refractivity contribution in [3.8, 4) is 0 Å². The molecule has 0 aliphatic heterocycles. The first-order chi connectivity index (χ1) is 5.81. The molecule has 66 valence electrons. The molecule has 0 spiro atoms. The van der Waals surface area contributed by atoms with Gasteiger partial charge in [-0.2, -0.15) is 4.79 Å². The third-order valence-electron chi connectivity index (χ3n) is 1.21. The standard InChI is InChI=1S/C8H12N2O2/c1-2-3-4-5-6-12-8(11)7-10-9/h2,7H,1,3-6H2. The molecule has 0 radical (unpaired) electrons. The van der Waals surface area contributed by atoms with Crippen molar-refractivity contribution in [1.82, 2.24) is 0 Å². The summed E-state index contributed by atoms with van der Waals surface area (Å²) in [5.74, 6) is -0.615. The molecule has 0 N–H and O–H groups in total. The third kappa shape index (κ3) is 6.71. The van der Waals surface area contributed by atoms with Crippen LogP contribution in [0.15, 0.2) is 12.7 Å². The molecule has 0 saturated heterocycles. The van der Waals surface area contributed by atoms with Crippen molar-refractivity contribution in [3.05, 3.63) is 18.2 Å². The topological polar surface area (TPSA) is 62.7 Å². The fourth-order valence-electron chi connectivity index (χ4n) is 0.648. The monoisotopic (exact) mass is 168 g/mol. The van der Waals surface area contributed by atoms with E-state index in [1.54, 1.807) is 0 Å². The summed E-state index contributed by atoms with van der Waals surface area (Å²) >= 11 is 0. The summed E-state index contributed by atoms with van der Waals surface area (Å²) in [7, 11) is 0. The van der Waals surface area contributed by atoms with Crippen LogP contribution < -0.4 is 0 Å². The van der Waals surface area contributed by atoms with Gasteiger partial charge in [0.15, 0.2) is 0 Å². The fraction of sp³-hybridized carbons (Fsp3) is 0.500. The lowest BCUT2D eigenvalue weighted by Crippen LogP contribution is -2.07. The van der Waals surface area contributed by atoms with Crippen molar-refractivity contribution in [2.45, 2.75) is 19.3 Å². The number of unbranched alkanes of at least 4 members (excludes halogenated alkanes) is 2. The highest BCUT2D eigenvalue weighted by atomic mass is 16.5. The van der Waals surface area contributed by atoms with E-state index in [9.17, 15) is 4.79 Å². The molecule has 0 aromatic heterocycles. The van der Waals surface area contributed by atoms with E-state index in [2.05, 4.69) is 16.1 Å². The smallest absolute Gasteiger partial charge is 0.413 e. The van der Waals surface area contributed by atoms with Crippen LogP contribution in [-0.4, -0.2) is 23.6 Å². The minimum atomic E-state index is -0.615. The Hall–Kier alpha value is -1.41. The van der Waals surface area contributed by atoms with Crippen LogP contribution in [-0.2, 0) is 9.53 Å². The fourth-order valence-corrected chi connectivity index (χ4v) is 0.648. The predicted octanol–water partition coefficient (Wildman–Crippen LogP) is 1.19. The van der Waals surface area contributed by atoms with E-state index in [-0.39, 0.29) is 0 Å². The van der Waals surface area contributed by atoms with Crippen LogP contribution in [0.3, 0.4) is 0 Å². The Bertz CT molecular complexity index is 195. The van der Waals surface area contributed by atoms with Crippen LogP contribution >= 0.6 is 0 Å². The highest BCUT2D eigenvalue weighted by Gasteiger charge is 2.00. The number of carbonyl (C=O) groups is 1. The van der Waals surface area contributed by atoms with Gasteiger partial charge in [0.05, 0.1) is 6.61 Å². The zero-order valence-electron chi connectivity index (χ0n) is 6.90. The maximum absolute atomic E-state index is 10.5. The number of esters is 1. The average Bonchev–Trinajstić information content (AvgIpc) is 2.05. The van der Waals surface area contributed by atoms with Crippen LogP contribution in [0.25, 0.3) is 5.53 Å². The Morgan fingerprint density at radius 2 is 2.33 bits per heavy atom. The lowest BCUT2D eigenvalue weighted by atomic mass is 10.2. The van der Waals surface area contributed by atoms with E-state index in [4.69, 9.17) is 5.53 Å². The van der Waals surface area contributed by atoms with Gasteiger partial charge in [-0.1, -0.05) is 6.08 Å². The van der Waals surface area contributed by atoms with Gasteiger partial charge in [0.25, 0.3) is 0 Å². The molecule has 4 nitrogen and oxygen atoms in total. The maximum Gasteiger partial charge on any atom is 0.413 e. The van der Waals surface area contributed by atoms with Gasteiger partial charge >= 0.3 is 12.2 Å². The Balaban J connectivity index is 3.25. The summed E-state index contributed by atoms with van der Waals surface area (Å²) in [4.78, 5) is 13.1. The molecule has 0 aliphatic rings. The van der Waals surface area contributed by atoms with Crippen molar-refractivity contribution in [3.63, 3.8) is 0 Å². The molecule has 0 rings (SSSR count). The van der Waals surface area contributed by atoms with Gasteiger partial charge in [0, 0.05) is 0 Å². The van der Waals surface area contributed by atoms with Gasteiger partial charge in [-0.25, -0.2) is 4.79 Å². The maximum atomic E-state index is 10.5. The molecule has 0 aromatic carbocycles. The first-order valence-electron chi connectivity index (χ1n) is 3.76. The molecule has 0 saturated carbocycles. The molecule has 0 atom stereocenters. The number of rotatable bonds is 6. The predicted molar refractivity (Wildman–Crippen MR) is 44.7 cm³/mol. The molecular weight excluding hydrogens is 156 g/mol. The van der Waals surface area contributed by atoms with E-state index >= 15 is 0 Å².